The third kappa shape index (κ3) is 3.42. The highest BCUT2D eigenvalue weighted by Crippen LogP contribution is 2.14. The Morgan fingerprint density at radius 3 is 3.12 bits per heavy atom. The standard InChI is InChI=1S/C10H17N5O2/c11-10-13-8(14-15-10)9(16)12-5-4-7-3-1-2-6-17-7/h7H,1-6H2,(H,12,16)(H3,11,13,14,15). The number of aromatic nitrogens is 3. The zero-order chi connectivity index (χ0) is 12.1. The number of aromatic amines is 1. The highest BCUT2D eigenvalue weighted by molar-refractivity contribution is 5.90. The fraction of sp³-hybridized carbons (Fsp3) is 0.700. The Bertz CT molecular complexity index is 373. The summed E-state index contributed by atoms with van der Waals surface area (Å²) in [7, 11) is 0. The van der Waals surface area contributed by atoms with Crippen LogP contribution in [0, 0.1) is 0 Å². The number of hydrogen-bond acceptors (Lipinski definition) is 5. The maximum absolute atomic E-state index is 11.6. The van der Waals surface area contributed by atoms with E-state index in [-0.39, 0.29) is 23.8 Å². The summed E-state index contributed by atoms with van der Waals surface area (Å²) in [5.74, 6) is -0.0668. The van der Waals surface area contributed by atoms with Crippen molar-refractivity contribution in [2.75, 3.05) is 18.9 Å². The first kappa shape index (κ1) is 11.8. The molecular formula is C10H17N5O2. The Balaban J connectivity index is 1.69. The summed E-state index contributed by atoms with van der Waals surface area (Å²) < 4.78 is 5.56. The normalized spacial score (nSPS) is 20.1. The fourth-order valence-corrected chi connectivity index (χ4v) is 1.84. The van der Waals surface area contributed by atoms with Gasteiger partial charge in [0.25, 0.3) is 5.91 Å². The quantitative estimate of drug-likeness (QED) is 0.689. The van der Waals surface area contributed by atoms with Gasteiger partial charge in [-0.2, -0.15) is 4.98 Å². The largest absolute Gasteiger partial charge is 0.378 e. The van der Waals surface area contributed by atoms with Crippen molar-refractivity contribution in [3.05, 3.63) is 5.82 Å². The lowest BCUT2D eigenvalue weighted by Gasteiger charge is -2.22. The molecule has 0 aromatic carbocycles. The van der Waals surface area contributed by atoms with Gasteiger partial charge in [-0.15, -0.1) is 5.10 Å². The van der Waals surface area contributed by atoms with E-state index < -0.39 is 0 Å². The summed E-state index contributed by atoms with van der Waals surface area (Å²) in [6.45, 7) is 1.40. The summed E-state index contributed by atoms with van der Waals surface area (Å²) >= 11 is 0. The van der Waals surface area contributed by atoms with Gasteiger partial charge in [0.15, 0.2) is 0 Å². The molecule has 2 rings (SSSR count). The molecule has 0 radical (unpaired) electrons. The smallest absolute Gasteiger partial charge is 0.288 e. The molecule has 0 bridgehead atoms. The van der Waals surface area contributed by atoms with Gasteiger partial charge in [0.2, 0.25) is 11.8 Å². The monoisotopic (exact) mass is 239 g/mol. The Morgan fingerprint density at radius 1 is 1.59 bits per heavy atom. The Labute approximate surface area is 99.1 Å². The summed E-state index contributed by atoms with van der Waals surface area (Å²) in [5, 5.41) is 8.81. The topological polar surface area (TPSA) is 106 Å². The van der Waals surface area contributed by atoms with Crippen molar-refractivity contribution < 1.29 is 9.53 Å². The van der Waals surface area contributed by atoms with Crippen molar-refractivity contribution in [2.24, 2.45) is 0 Å². The zero-order valence-electron chi connectivity index (χ0n) is 9.61. The number of amides is 1. The second-order valence-electron chi connectivity index (χ2n) is 4.08. The molecule has 2 heterocycles. The molecule has 0 saturated carbocycles. The van der Waals surface area contributed by atoms with Crippen molar-refractivity contribution in [1.29, 1.82) is 0 Å². The first-order chi connectivity index (χ1) is 8.25. The van der Waals surface area contributed by atoms with Gasteiger partial charge >= 0.3 is 0 Å². The van der Waals surface area contributed by atoms with Gasteiger partial charge in [0.1, 0.15) is 0 Å². The number of nitrogens with one attached hydrogen (secondary N) is 2. The Hall–Kier alpha value is -1.63. The predicted molar refractivity (Wildman–Crippen MR) is 61.3 cm³/mol. The number of anilines is 1. The van der Waals surface area contributed by atoms with Crippen LogP contribution >= 0.6 is 0 Å². The summed E-state index contributed by atoms with van der Waals surface area (Å²) in [6.07, 6.45) is 4.52. The second-order valence-corrected chi connectivity index (χ2v) is 4.08. The van der Waals surface area contributed by atoms with E-state index in [0.717, 1.165) is 25.9 Å². The van der Waals surface area contributed by atoms with Crippen molar-refractivity contribution in [3.8, 4) is 0 Å². The lowest BCUT2D eigenvalue weighted by molar-refractivity contribution is 0.0117. The van der Waals surface area contributed by atoms with Crippen LogP contribution in [-0.4, -0.2) is 40.3 Å². The van der Waals surface area contributed by atoms with Crippen LogP contribution in [0.4, 0.5) is 5.95 Å². The van der Waals surface area contributed by atoms with Crippen molar-refractivity contribution >= 4 is 11.9 Å². The first-order valence-corrected chi connectivity index (χ1v) is 5.83. The van der Waals surface area contributed by atoms with Gasteiger partial charge in [0.05, 0.1) is 6.10 Å². The zero-order valence-corrected chi connectivity index (χ0v) is 9.61. The number of carbonyl (C=O) groups is 1. The van der Waals surface area contributed by atoms with Crippen LogP contribution in [0.1, 0.15) is 36.3 Å². The molecule has 1 fully saturated rings. The van der Waals surface area contributed by atoms with Crippen LogP contribution in [0.15, 0.2) is 0 Å². The molecule has 1 aliphatic rings. The number of nitrogen functional groups attached to an aromatic ring is 1. The van der Waals surface area contributed by atoms with Crippen LogP contribution in [0.2, 0.25) is 0 Å². The van der Waals surface area contributed by atoms with E-state index in [4.69, 9.17) is 10.5 Å². The molecule has 0 aliphatic carbocycles. The van der Waals surface area contributed by atoms with E-state index in [1.165, 1.54) is 6.42 Å². The number of nitrogens with zero attached hydrogens (tertiary/aromatic N) is 2. The molecule has 1 aromatic heterocycles. The number of hydrogen-bond donors (Lipinski definition) is 3. The van der Waals surface area contributed by atoms with Gasteiger partial charge in [-0.05, 0) is 25.7 Å². The molecule has 0 spiro atoms. The van der Waals surface area contributed by atoms with Crippen molar-refractivity contribution in [2.45, 2.75) is 31.8 Å². The molecule has 1 atom stereocenters. The highest BCUT2D eigenvalue weighted by Gasteiger charge is 2.15. The minimum absolute atomic E-state index is 0.0748. The molecule has 1 unspecified atom stereocenters. The van der Waals surface area contributed by atoms with Crippen molar-refractivity contribution in [3.63, 3.8) is 0 Å². The Morgan fingerprint density at radius 2 is 2.47 bits per heavy atom. The van der Waals surface area contributed by atoms with Crippen LogP contribution in [-0.2, 0) is 4.74 Å². The van der Waals surface area contributed by atoms with E-state index >= 15 is 0 Å². The van der Waals surface area contributed by atoms with Gasteiger partial charge in [-0.3, -0.25) is 9.89 Å². The maximum Gasteiger partial charge on any atom is 0.288 e. The average molecular weight is 239 g/mol. The molecule has 7 nitrogen and oxygen atoms in total. The van der Waals surface area contributed by atoms with Crippen molar-refractivity contribution in [1.82, 2.24) is 20.5 Å². The first-order valence-electron chi connectivity index (χ1n) is 5.83. The molecule has 1 aromatic rings. The SMILES string of the molecule is Nc1n[nH]c(C(=O)NCCC2CCCCO2)n1. The molecule has 1 amide bonds. The minimum Gasteiger partial charge on any atom is -0.378 e. The molecule has 94 valence electrons. The van der Waals surface area contributed by atoms with Gasteiger partial charge < -0.3 is 15.8 Å². The van der Waals surface area contributed by atoms with Crippen LogP contribution in [0.3, 0.4) is 0 Å². The number of ether oxygens (including phenoxy) is 1. The number of rotatable bonds is 4. The van der Waals surface area contributed by atoms with E-state index in [0.29, 0.717) is 6.54 Å². The molecule has 4 N–H and O–H groups in total. The fourth-order valence-electron chi connectivity index (χ4n) is 1.84. The van der Waals surface area contributed by atoms with Gasteiger partial charge in [-0.25, -0.2) is 0 Å². The lowest BCUT2D eigenvalue weighted by Crippen LogP contribution is -2.30. The summed E-state index contributed by atoms with van der Waals surface area (Å²) in [6, 6.07) is 0. The highest BCUT2D eigenvalue weighted by atomic mass is 16.5. The summed E-state index contributed by atoms with van der Waals surface area (Å²) in [4.78, 5) is 15.3. The molecule has 7 heteroatoms. The Kier molecular flexibility index (Phi) is 3.92. The molecule has 1 saturated heterocycles. The third-order valence-electron chi connectivity index (χ3n) is 2.74. The van der Waals surface area contributed by atoms with Crippen LogP contribution in [0.25, 0.3) is 0 Å². The second kappa shape index (κ2) is 5.62. The van der Waals surface area contributed by atoms with Crippen LogP contribution in [0.5, 0.6) is 0 Å². The van der Waals surface area contributed by atoms with Gasteiger partial charge in [-0.1, -0.05) is 0 Å². The number of nitrogens with two attached hydrogens (primary N) is 1. The third-order valence-corrected chi connectivity index (χ3v) is 2.74. The molecule has 1 aliphatic heterocycles. The van der Waals surface area contributed by atoms with E-state index in [2.05, 4.69) is 20.5 Å². The number of H-pyrrole nitrogens is 1. The molecule has 17 heavy (non-hydrogen) atoms. The van der Waals surface area contributed by atoms with E-state index in [9.17, 15) is 4.79 Å². The summed E-state index contributed by atoms with van der Waals surface area (Å²) in [5.41, 5.74) is 5.31. The lowest BCUT2D eigenvalue weighted by atomic mass is 10.1. The van der Waals surface area contributed by atoms with Gasteiger partial charge in [0, 0.05) is 13.2 Å². The average Bonchev–Trinajstić information content (AvgIpc) is 2.77. The molecular weight excluding hydrogens is 222 g/mol. The van der Waals surface area contributed by atoms with E-state index in [1.807, 2.05) is 0 Å². The van der Waals surface area contributed by atoms with Crippen LogP contribution < -0.4 is 11.1 Å². The predicted octanol–water partition coefficient (Wildman–Crippen LogP) is 0.0759. The maximum atomic E-state index is 11.6. The minimum atomic E-state index is -0.287. The van der Waals surface area contributed by atoms with E-state index in [1.54, 1.807) is 0 Å². The number of carbonyl (C=O) groups excluding carboxylic acids is 1.